The highest BCUT2D eigenvalue weighted by Gasteiger charge is 2.08. The van der Waals surface area contributed by atoms with Gasteiger partial charge >= 0.3 is 0 Å². The van der Waals surface area contributed by atoms with Gasteiger partial charge in [-0.2, -0.15) is 5.26 Å². The van der Waals surface area contributed by atoms with Crippen molar-refractivity contribution in [3.05, 3.63) is 124 Å². The van der Waals surface area contributed by atoms with E-state index in [1.165, 1.54) is 12.3 Å². The number of nitrogens with zero attached hydrogens (tertiary/aromatic N) is 5. The van der Waals surface area contributed by atoms with E-state index >= 15 is 0 Å². The molecule has 33 heavy (non-hydrogen) atoms. The van der Waals surface area contributed by atoms with E-state index in [1.54, 1.807) is 53.6 Å². The first kappa shape index (κ1) is 21.6. The van der Waals surface area contributed by atoms with Gasteiger partial charge in [-0.3, -0.25) is 19.6 Å². The summed E-state index contributed by atoms with van der Waals surface area (Å²) in [6.45, 7) is 0.712. The number of nitriles is 1. The molecule has 0 bridgehead atoms. The highest BCUT2D eigenvalue weighted by atomic mass is 16.1. The van der Waals surface area contributed by atoms with Gasteiger partial charge in [0.15, 0.2) is 0 Å². The second-order valence-corrected chi connectivity index (χ2v) is 7.43. The molecular weight excluding hydrogens is 416 g/mol. The summed E-state index contributed by atoms with van der Waals surface area (Å²) in [4.78, 5) is 37.0. The molecule has 8 heteroatoms. The molecule has 4 rings (SSSR count). The van der Waals surface area contributed by atoms with Crippen molar-refractivity contribution >= 4 is 5.91 Å². The Bertz CT molecular complexity index is 1360. The van der Waals surface area contributed by atoms with E-state index in [2.05, 4.69) is 20.3 Å². The molecular formula is C25H20N6O2. The van der Waals surface area contributed by atoms with Crippen molar-refractivity contribution in [2.75, 3.05) is 0 Å². The number of aromatic nitrogens is 4. The van der Waals surface area contributed by atoms with Crippen LogP contribution in [0.5, 0.6) is 0 Å². The predicted octanol–water partition coefficient (Wildman–Crippen LogP) is 2.47. The standard InChI is InChI=1S/C25H20N6O2/c26-11-22-6-5-19(14-28-22)15-30-25(33)21-10-20(12-27-16-21)9-18-4-7-23(29-13-18)17-31-8-2-1-3-24(31)32/h1-8,10,12-14,16H,9,15,17H2,(H,30,33). The number of nitrogens with one attached hydrogen (secondary N) is 1. The lowest BCUT2D eigenvalue weighted by Crippen LogP contribution is -2.23. The first-order valence-electron chi connectivity index (χ1n) is 10.3. The molecule has 0 atom stereocenters. The second-order valence-electron chi connectivity index (χ2n) is 7.43. The number of carbonyl (C=O) groups excluding carboxylic acids is 1. The van der Waals surface area contributed by atoms with Crippen molar-refractivity contribution in [3.8, 4) is 6.07 Å². The summed E-state index contributed by atoms with van der Waals surface area (Å²) in [5.74, 6) is -0.240. The van der Waals surface area contributed by atoms with Crippen molar-refractivity contribution in [1.82, 2.24) is 24.8 Å². The van der Waals surface area contributed by atoms with Crippen LogP contribution in [0.1, 0.15) is 38.4 Å². The zero-order chi connectivity index (χ0) is 23.0. The normalized spacial score (nSPS) is 10.4. The molecule has 1 N–H and O–H groups in total. The fraction of sp³-hybridized carbons (Fsp3) is 0.120. The Morgan fingerprint density at radius 3 is 2.55 bits per heavy atom. The summed E-state index contributed by atoms with van der Waals surface area (Å²) < 4.78 is 1.60. The molecule has 0 aliphatic carbocycles. The van der Waals surface area contributed by atoms with Crippen LogP contribution in [-0.4, -0.2) is 25.4 Å². The predicted molar refractivity (Wildman–Crippen MR) is 121 cm³/mol. The molecule has 4 heterocycles. The molecule has 4 aromatic rings. The van der Waals surface area contributed by atoms with Gasteiger partial charge in [0.2, 0.25) is 0 Å². The summed E-state index contributed by atoms with van der Waals surface area (Å²) >= 11 is 0. The average molecular weight is 436 g/mol. The average Bonchev–Trinajstić information content (AvgIpc) is 2.85. The van der Waals surface area contributed by atoms with Crippen LogP contribution in [0.2, 0.25) is 0 Å². The molecule has 0 radical (unpaired) electrons. The van der Waals surface area contributed by atoms with Crippen molar-refractivity contribution in [2.45, 2.75) is 19.5 Å². The van der Waals surface area contributed by atoms with Crippen LogP contribution in [0.15, 0.2) is 84.3 Å². The van der Waals surface area contributed by atoms with Crippen molar-refractivity contribution in [2.24, 2.45) is 0 Å². The maximum Gasteiger partial charge on any atom is 0.253 e. The molecule has 1 amide bonds. The largest absolute Gasteiger partial charge is 0.348 e. The van der Waals surface area contributed by atoms with Crippen LogP contribution in [-0.2, 0) is 19.5 Å². The van der Waals surface area contributed by atoms with Crippen molar-refractivity contribution < 1.29 is 4.79 Å². The third-order valence-corrected chi connectivity index (χ3v) is 4.98. The van der Waals surface area contributed by atoms with Gasteiger partial charge < -0.3 is 9.88 Å². The van der Waals surface area contributed by atoms with E-state index in [4.69, 9.17) is 5.26 Å². The number of carbonyl (C=O) groups is 1. The lowest BCUT2D eigenvalue weighted by Gasteiger charge is -2.08. The maximum absolute atomic E-state index is 12.5. The summed E-state index contributed by atoms with van der Waals surface area (Å²) in [6.07, 6.45) is 8.89. The van der Waals surface area contributed by atoms with Gasteiger partial charge in [-0.25, -0.2) is 4.98 Å². The molecule has 0 fully saturated rings. The van der Waals surface area contributed by atoms with Crippen molar-refractivity contribution in [1.29, 1.82) is 5.26 Å². The Morgan fingerprint density at radius 1 is 0.970 bits per heavy atom. The molecule has 0 saturated heterocycles. The fourth-order valence-corrected chi connectivity index (χ4v) is 3.24. The smallest absolute Gasteiger partial charge is 0.253 e. The van der Waals surface area contributed by atoms with Crippen LogP contribution in [0.25, 0.3) is 0 Å². The number of rotatable bonds is 7. The molecule has 0 saturated carbocycles. The first-order chi connectivity index (χ1) is 16.1. The lowest BCUT2D eigenvalue weighted by molar-refractivity contribution is 0.0950. The molecule has 0 aromatic carbocycles. The Morgan fingerprint density at radius 2 is 1.82 bits per heavy atom. The number of pyridine rings is 4. The fourth-order valence-electron chi connectivity index (χ4n) is 3.24. The molecule has 4 aromatic heterocycles. The van der Waals surface area contributed by atoms with E-state index < -0.39 is 0 Å². The third-order valence-electron chi connectivity index (χ3n) is 4.98. The Labute approximate surface area is 190 Å². The SMILES string of the molecule is N#Cc1ccc(CNC(=O)c2cncc(Cc3ccc(Cn4ccccc4=O)nc3)c2)cn1. The van der Waals surface area contributed by atoms with Gasteiger partial charge in [0.25, 0.3) is 11.5 Å². The zero-order valence-electron chi connectivity index (χ0n) is 17.7. The van der Waals surface area contributed by atoms with E-state index in [0.717, 1.165) is 22.4 Å². The Kier molecular flexibility index (Phi) is 6.61. The van der Waals surface area contributed by atoms with Crippen LogP contribution >= 0.6 is 0 Å². The number of amides is 1. The van der Waals surface area contributed by atoms with Gasteiger partial charge in [-0.1, -0.05) is 18.2 Å². The molecule has 8 nitrogen and oxygen atoms in total. The molecule has 0 aliphatic rings. The van der Waals surface area contributed by atoms with Gasteiger partial charge in [-0.15, -0.1) is 0 Å². The molecule has 0 spiro atoms. The molecule has 0 aliphatic heterocycles. The summed E-state index contributed by atoms with van der Waals surface area (Å²) in [6, 6.07) is 16.0. The lowest BCUT2D eigenvalue weighted by atomic mass is 10.1. The number of hydrogen-bond donors (Lipinski definition) is 1. The van der Waals surface area contributed by atoms with Crippen LogP contribution in [0.4, 0.5) is 0 Å². The maximum atomic E-state index is 12.5. The minimum atomic E-state index is -0.240. The third kappa shape index (κ3) is 5.74. The van der Waals surface area contributed by atoms with E-state index in [9.17, 15) is 9.59 Å². The topological polar surface area (TPSA) is 114 Å². The second kappa shape index (κ2) is 10.1. The van der Waals surface area contributed by atoms with Gasteiger partial charge in [0.1, 0.15) is 11.8 Å². The zero-order valence-corrected chi connectivity index (χ0v) is 17.7. The number of hydrogen-bond acceptors (Lipinski definition) is 6. The van der Waals surface area contributed by atoms with Crippen LogP contribution < -0.4 is 10.9 Å². The molecule has 0 unspecified atom stereocenters. The Hall–Kier alpha value is -4.64. The van der Waals surface area contributed by atoms with Gasteiger partial charge in [0.05, 0.1) is 17.8 Å². The summed E-state index contributed by atoms with van der Waals surface area (Å²) in [5.41, 5.74) is 4.17. The van der Waals surface area contributed by atoms with Crippen molar-refractivity contribution in [3.63, 3.8) is 0 Å². The summed E-state index contributed by atoms with van der Waals surface area (Å²) in [7, 11) is 0. The Balaban J connectivity index is 1.37. The molecule has 162 valence electrons. The highest BCUT2D eigenvalue weighted by molar-refractivity contribution is 5.94. The summed E-state index contributed by atoms with van der Waals surface area (Å²) in [5, 5.41) is 11.6. The monoisotopic (exact) mass is 436 g/mol. The van der Waals surface area contributed by atoms with Crippen LogP contribution in [0, 0.1) is 11.3 Å². The quantitative estimate of drug-likeness (QED) is 0.476. The minimum absolute atomic E-state index is 0.0695. The van der Waals surface area contributed by atoms with Gasteiger partial charge in [0, 0.05) is 50.0 Å². The van der Waals surface area contributed by atoms with Gasteiger partial charge in [-0.05, 0) is 41.0 Å². The van der Waals surface area contributed by atoms with E-state index in [1.807, 2.05) is 24.3 Å². The van der Waals surface area contributed by atoms with Crippen LogP contribution in [0.3, 0.4) is 0 Å². The van der Waals surface area contributed by atoms with E-state index in [-0.39, 0.29) is 11.5 Å². The minimum Gasteiger partial charge on any atom is -0.348 e. The van der Waals surface area contributed by atoms with E-state index in [0.29, 0.717) is 30.8 Å². The highest BCUT2D eigenvalue weighted by Crippen LogP contribution is 2.11. The first-order valence-corrected chi connectivity index (χ1v) is 10.3.